The summed E-state index contributed by atoms with van der Waals surface area (Å²) in [6, 6.07) is 11.6. The van der Waals surface area contributed by atoms with E-state index in [9.17, 15) is 25.9 Å². The van der Waals surface area contributed by atoms with Gasteiger partial charge in [-0.1, -0.05) is 0 Å². The highest BCUT2D eigenvalue weighted by Gasteiger charge is 2.11. The molecule has 4 aromatic rings. The summed E-state index contributed by atoms with van der Waals surface area (Å²) in [6.07, 6.45) is 3.91. The Morgan fingerprint density at radius 1 is 0.680 bits per heavy atom. The molecule has 50 heavy (non-hydrogen) atoms. The number of hydrogen-bond acceptors (Lipinski definition) is 18. The van der Waals surface area contributed by atoms with Gasteiger partial charge in [-0.15, -0.1) is 0 Å². The van der Waals surface area contributed by atoms with Crippen molar-refractivity contribution in [2.45, 2.75) is 13.8 Å². The molecular weight excluding hydrogens is 737 g/mol. The highest BCUT2D eigenvalue weighted by molar-refractivity contribution is 7.81. The lowest BCUT2D eigenvalue weighted by molar-refractivity contribution is -0.654. The van der Waals surface area contributed by atoms with Crippen molar-refractivity contribution < 1.29 is 52.9 Å². The number of hydrogen-bond donors (Lipinski definition) is 2. The highest BCUT2D eigenvalue weighted by atomic mass is 32.3. The van der Waals surface area contributed by atoms with Gasteiger partial charge in [-0.25, -0.2) is 26.0 Å². The Balaban J connectivity index is 0.000000619. The number of azo groups is 2. The fourth-order valence-corrected chi connectivity index (χ4v) is 4.79. The summed E-state index contributed by atoms with van der Waals surface area (Å²) in [5.41, 5.74) is 3.27. The molecular formula is C28H38N8O10S4. The minimum Gasteiger partial charge on any atom is -0.726 e. The number of nitrogens with one attached hydrogen (secondary N) is 2. The van der Waals surface area contributed by atoms with E-state index in [0.717, 1.165) is 58.7 Å². The van der Waals surface area contributed by atoms with Crippen molar-refractivity contribution in [2.75, 3.05) is 51.2 Å². The molecule has 2 aromatic carbocycles. The van der Waals surface area contributed by atoms with E-state index in [1.54, 1.807) is 0 Å². The molecule has 0 unspecified atom stereocenters. The van der Waals surface area contributed by atoms with Crippen LogP contribution in [0.2, 0.25) is 0 Å². The molecule has 0 atom stereocenters. The number of thiazole rings is 2. The van der Waals surface area contributed by atoms with Gasteiger partial charge in [-0.05, 0) is 71.0 Å². The molecule has 2 N–H and O–H groups in total. The van der Waals surface area contributed by atoms with Crippen molar-refractivity contribution in [3.63, 3.8) is 0 Å². The Hall–Kier alpha value is -4.16. The third-order valence-corrected chi connectivity index (χ3v) is 8.21. The monoisotopic (exact) mass is 774 g/mol. The Kier molecular flexibility index (Phi) is 17.8. The molecule has 2 aromatic heterocycles. The van der Waals surface area contributed by atoms with Crippen LogP contribution in [0.5, 0.6) is 11.5 Å². The average molecular weight is 775 g/mol. The Labute approximate surface area is 299 Å². The average Bonchev–Trinajstić information content (AvgIpc) is 3.69. The van der Waals surface area contributed by atoms with Crippen LogP contribution >= 0.6 is 22.7 Å². The molecule has 0 bridgehead atoms. The molecule has 0 fully saturated rings. The lowest BCUT2D eigenvalue weighted by atomic mass is 10.2. The van der Waals surface area contributed by atoms with Gasteiger partial charge in [0.25, 0.3) is 0 Å². The van der Waals surface area contributed by atoms with Crippen molar-refractivity contribution in [1.82, 2.24) is 0 Å². The summed E-state index contributed by atoms with van der Waals surface area (Å²) in [6.45, 7) is 6.38. The SMILES string of the molecule is CCOc1cc(N=Nc2scc[n+]2C)ccc1NCCNc1ccc(N=Nc2scc[n+]2C)cc1OCC.COS(=O)(=O)[O-].COS(=O)(=O)[O-]. The van der Waals surface area contributed by atoms with Crippen LogP contribution in [0.25, 0.3) is 0 Å². The third-order valence-electron chi connectivity index (χ3n) is 5.72. The molecule has 18 nitrogen and oxygen atoms in total. The number of nitrogens with zero attached hydrogens (tertiary/aromatic N) is 6. The van der Waals surface area contributed by atoms with Crippen LogP contribution < -0.4 is 29.2 Å². The molecule has 274 valence electrons. The van der Waals surface area contributed by atoms with Crippen LogP contribution in [-0.2, 0) is 43.3 Å². The molecule has 0 saturated heterocycles. The van der Waals surface area contributed by atoms with E-state index in [4.69, 9.17) is 9.47 Å². The zero-order valence-corrected chi connectivity index (χ0v) is 31.3. The summed E-state index contributed by atoms with van der Waals surface area (Å²) in [5, 5.41) is 29.9. The van der Waals surface area contributed by atoms with Crippen LogP contribution in [0, 0.1) is 0 Å². The molecule has 2 heterocycles. The predicted octanol–water partition coefficient (Wildman–Crippen LogP) is 4.80. The number of ether oxygens (including phenoxy) is 2. The normalized spacial score (nSPS) is 11.4. The maximum atomic E-state index is 9.22. The van der Waals surface area contributed by atoms with Gasteiger partial charge in [0.2, 0.25) is 20.8 Å². The zero-order valence-electron chi connectivity index (χ0n) is 28.0. The van der Waals surface area contributed by atoms with Crippen molar-refractivity contribution in [3.8, 4) is 11.5 Å². The second-order valence-electron chi connectivity index (χ2n) is 9.22. The van der Waals surface area contributed by atoms with Gasteiger partial charge in [0, 0.05) is 36.0 Å². The molecule has 4 rings (SSSR count). The van der Waals surface area contributed by atoms with E-state index >= 15 is 0 Å². The first kappa shape index (κ1) is 42.0. The Bertz CT molecular complexity index is 1780. The minimum absolute atomic E-state index is 0.555. The maximum absolute atomic E-state index is 9.22. The number of rotatable bonds is 15. The van der Waals surface area contributed by atoms with Gasteiger partial charge in [-0.2, -0.15) is 0 Å². The summed E-state index contributed by atoms with van der Waals surface area (Å²) in [7, 11) is -3.32. The molecule has 0 aliphatic rings. The molecule has 0 saturated carbocycles. The van der Waals surface area contributed by atoms with E-state index in [0.29, 0.717) is 26.3 Å². The quantitative estimate of drug-likeness (QED) is 0.0545. The lowest BCUT2D eigenvalue weighted by Crippen LogP contribution is -2.23. The van der Waals surface area contributed by atoms with Gasteiger partial charge in [-0.3, -0.25) is 8.37 Å². The van der Waals surface area contributed by atoms with Crippen molar-refractivity contribution >= 4 is 76.5 Å². The Morgan fingerprint density at radius 2 is 1.04 bits per heavy atom. The minimum atomic E-state index is -4.41. The van der Waals surface area contributed by atoms with Gasteiger partial charge >= 0.3 is 10.3 Å². The first-order valence-electron chi connectivity index (χ1n) is 14.4. The fourth-order valence-electron chi connectivity index (χ4n) is 3.43. The number of aryl methyl sites for hydroxylation is 2. The summed E-state index contributed by atoms with van der Waals surface area (Å²) < 4.78 is 77.6. The smallest absolute Gasteiger partial charge is 0.408 e. The molecule has 22 heteroatoms. The van der Waals surface area contributed by atoms with Crippen LogP contribution in [-0.4, -0.2) is 66.5 Å². The summed E-state index contributed by atoms with van der Waals surface area (Å²) in [5.74, 6) is 1.48. The first-order valence-corrected chi connectivity index (χ1v) is 18.9. The molecule has 0 aliphatic carbocycles. The topological polar surface area (TPSA) is 233 Å². The van der Waals surface area contributed by atoms with E-state index < -0.39 is 20.8 Å². The summed E-state index contributed by atoms with van der Waals surface area (Å²) in [4.78, 5) is 0. The van der Waals surface area contributed by atoms with E-state index in [1.807, 2.05) is 96.6 Å². The van der Waals surface area contributed by atoms with E-state index in [2.05, 4.69) is 39.5 Å². The van der Waals surface area contributed by atoms with Gasteiger partial charge < -0.3 is 29.2 Å². The highest BCUT2D eigenvalue weighted by Crippen LogP contribution is 2.32. The number of benzene rings is 2. The number of aromatic nitrogens is 2. The van der Waals surface area contributed by atoms with Crippen LogP contribution in [0.15, 0.2) is 80.0 Å². The molecule has 0 aliphatic heterocycles. The standard InChI is InChI=1S/C26H30N8O2S2.2CH4O4S/c1-5-35-23-17-19(29-31-25-33(3)13-15-37-25)7-9-21(23)27-11-12-28-22-10-8-20(18-24(22)36-6-2)30-32-26-34(4)14-16-38-26;2*1-5-6(2,3)4/h7-10,13-18H,5-6,11-12H2,1-4H3;2*1H3,(H,2,3,4). The van der Waals surface area contributed by atoms with Gasteiger partial charge in [0.1, 0.15) is 35.3 Å². The summed E-state index contributed by atoms with van der Waals surface area (Å²) >= 11 is 3.08. The number of anilines is 2. The first-order chi connectivity index (χ1) is 23.7. The Morgan fingerprint density at radius 3 is 1.32 bits per heavy atom. The largest absolute Gasteiger partial charge is 0.726 e. The van der Waals surface area contributed by atoms with E-state index in [1.165, 1.54) is 22.7 Å². The molecule has 0 spiro atoms. The van der Waals surface area contributed by atoms with E-state index in [-0.39, 0.29) is 0 Å². The molecule has 0 radical (unpaired) electrons. The second kappa shape index (κ2) is 21.1. The van der Waals surface area contributed by atoms with Gasteiger partial charge in [0.15, 0.2) is 0 Å². The maximum Gasteiger partial charge on any atom is 0.408 e. The van der Waals surface area contributed by atoms with Gasteiger partial charge in [0.05, 0.1) is 63.1 Å². The van der Waals surface area contributed by atoms with Crippen molar-refractivity contribution in [2.24, 2.45) is 34.6 Å². The second-order valence-corrected chi connectivity index (χ2v) is 13.3. The molecule has 0 amide bonds. The van der Waals surface area contributed by atoms with Crippen LogP contribution in [0.1, 0.15) is 13.8 Å². The van der Waals surface area contributed by atoms with Crippen molar-refractivity contribution in [3.05, 3.63) is 59.6 Å². The predicted molar refractivity (Wildman–Crippen MR) is 185 cm³/mol. The van der Waals surface area contributed by atoms with Crippen LogP contribution in [0.3, 0.4) is 0 Å². The van der Waals surface area contributed by atoms with Crippen LogP contribution in [0.4, 0.5) is 33.0 Å². The zero-order chi connectivity index (χ0) is 37.2. The van der Waals surface area contributed by atoms with Crippen molar-refractivity contribution in [1.29, 1.82) is 0 Å². The fraction of sp³-hybridized carbons (Fsp3) is 0.357. The lowest BCUT2D eigenvalue weighted by Gasteiger charge is -2.15. The third kappa shape index (κ3) is 16.0.